The molecule has 13 heteroatoms. The first kappa shape index (κ1) is 19.1. The van der Waals surface area contributed by atoms with Crippen LogP contribution in [0, 0.1) is 0 Å². The van der Waals surface area contributed by atoms with E-state index in [4.69, 9.17) is 4.74 Å². The average Bonchev–Trinajstić information content (AvgIpc) is 2.45. The molecule has 0 aliphatic carbocycles. The van der Waals surface area contributed by atoms with Crippen molar-refractivity contribution in [3.05, 3.63) is 23.8 Å². The summed E-state index contributed by atoms with van der Waals surface area (Å²) in [6.45, 7) is -0.385. The van der Waals surface area contributed by atoms with E-state index in [2.05, 4.69) is 4.18 Å². The highest BCUT2D eigenvalue weighted by atomic mass is 32.2. The third-order valence-corrected chi connectivity index (χ3v) is 4.02. The van der Waals surface area contributed by atoms with E-state index in [1.807, 2.05) is 0 Å². The second-order valence-electron chi connectivity index (χ2n) is 4.90. The first-order chi connectivity index (χ1) is 11.3. The molecule has 0 radical (unpaired) electrons. The van der Waals surface area contributed by atoms with Gasteiger partial charge >= 0.3 is 27.7 Å². The van der Waals surface area contributed by atoms with Crippen LogP contribution in [0.1, 0.15) is 5.56 Å². The summed E-state index contributed by atoms with van der Waals surface area (Å²) < 4.78 is 105. The standard InChI is InChI=1S/C12H9F6NO5S/c13-11(14,15)10(20)19-6-4-7-8(23-5-6)2-1-3-9(7)24-25(21,22)12(16,17)18/h1-3,6H,4-5H2,(H,19,20)/t6-/m1/s1. The Bertz CT molecular complexity index is 773. The van der Waals surface area contributed by atoms with Crippen LogP contribution >= 0.6 is 0 Å². The predicted octanol–water partition coefficient (Wildman–Crippen LogP) is 1.90. The van der Waals surface area contributed by atoms with Gasteiger partial charge in [0.15, 0.2) is 0 Å². The molecule has 1 aliphatic heterocycles. The van der Waals surface area contributed by atoms with E-state index in [1.54, 1.807) is 5.32 Å². The van der Waals surface area contributed by atoms with Crippen molar-refractivity contribution >= 4 is 16.0 Å². The number of alkyl halides is 6. The molecule has 0 aromatic heterocycles. The van der Waals surface area contributed by atoms with Gasteiger partial charge in [0, 0.05) is 12.0 Å². The molecule has 1 atom stereocenters. The summed E-state index contributed by atoms with van der Waals surface area (Å²) in [5.41, 5.74) is -5.90. The smallest absolute Gasteiger partial charge is 0.491 e. The molecule has 2 rings (SSSR count). The zero-order valence-corrected chi connectivity index (χ0v) is 12.8. The summed E-state index contributed by atoms with van der Waals surface area (Å²) in [5.74, 6) is -3.07. The first-order valence-corrected chi connectivity index (χ1v) is 7.85. The van der Waals surface area contributed by atoms with Crippen molar-refractivity contribution in [3.63, 3.8) is 0 Å². The van der Waals surface area contributed by atoms with Crippen molar-refractivity contribution in [2.75, 3.05) is 6.61 Å². The summed E-state index contributed by atoms with van der Waals surface area (Å²) in [6.07, 6.45) is -5.57. The Morgan fingerprint density at radius 2 is 1.84 bits per heavy atom. The minimum Gasteiger partial charge on any atom is -0.491 e. The van der Waals surface area contributed by atoms with Gasteiger partial charge in [-0.15, -0.1) is 0 Å². The van der Waals surface area contributed by atoms with E-state index in [0.29, 0.717) is 0 Å². The lowest BCUT2D eigenvalue weighted by Gasteiger charge is -2.27. The van der Waals surface area contributed by atoms with Crippen molar-refractivity contribution in [2.24, 2.45) is 0 Å². The molecule has 0 unspecified atom stereocenters. The maximum atomic E-state index is 12.4. The van der Waals surface area contributed by atoms with Gasteiger partial charge in [-0.1, -0.05) is 6.07 Å². The topological polar surface area (TPSA) is 81.7 Å². The lowest BCUT2D eigenvalue weighted by molar-refractivity contribution is -0.174. The highest BCUT2D eigenvalue weighted by Gasteiger charge is 2.49. The molecule has 25 heavy (non-hydrogen) atoms. The number of hydrogen-bond acceptors (Lipinski definition) is 5. The summed E-state index contributed by atoms with van der Waals surface area (Å²) >= 11 is 0. The molecular formula is C12H9F6NO5S. The van der Waals surface area contributed by atoms with Crippen LogP contribution in [0.5, 0.6) is 11.5 Å². The molecule has 0 bridgehead atoms. The van der Waals surface area contributed by atoms with Gasteiger partial charge < -0.3 is 14.2 Å². The van der Waals surface area contributed by atoms with Gasteiger partial charge in [0.05, 0.1) is 6.04 Å². The zero-order valence-electron chi connectivity index (χ0n) is 11.9. The van der Waals surface area contributed by atoms with Gasteiger partial charge in [0.25, 0.3) is 0 Å². The van der Waals surface area contributed by atoms with E-state index in [-0.39, 0.29) is 17.9 Å². The molecule has 0 saturated carbocycles. The number of nitrogens with one attached hydrogen (secondary N) is 1. The molecular weight excluding hydrogens is 384 g/mol. The minimum absolute atomic E-state index is 0.0626. The van der Waals surface area contributed by atoms with Crippen LogP contribution in [0.2, 0.25) is 0 Å². The number of carbonyl (C=O) groups excluding carboxylic acids is 1. The number of rotatable bonds is 3. The van der Waals surface area contributed by atoms with Crippen LogP contribution in [-0.2, 0) is 21.3 Å². The molecule has 1 heterocycles. The molecule has 0 spiro atoms. The van der Waals surface area contributed by atoms with Crippen LogP contribution in [0.15, 0.2) is 18.2 Å². The van der Waals surface area contributed by atoms with Crippen molar-refractivity contribution in [1.82, 2.24) is 5.32 Å². The highest BCUT2D eigenvalue weighted by molar-refractivity contribution is 7.88. The molecule has 1 aromatic rings. The average molecular weight is 393 g/mol. The van der Waals surface area contributed by atoms with Gasteiger partial charge in [-0.05, 0) is 12.1 Å². The summed E-state index contributed by atoms with van der Waals surface area (Å²) in [6, 6.07) is 2.07. The molecule has 6 nitrogen and oxygen atoms in total. The van der Waals surface area contributed by atoms with Crippen molar-refractivity contribution in [1.29, 1.82) is 0 Å². The first-order valence-electron chi connectivity index (χ1n) is 6.44. The van der Waals surface area contributed by atoms with Gasteiger partial charge in [0.2, 0.25) is 0 Å². The van der Waals surface area contributed by atoms with E-state index in [9.17, 15) is 39.6 Å². The fourth-order valence-electron chi connectivity index (χ4n) is 1.98. The number of benzene rings is 1. The maximum Gasteiger partial charge on any atom is 0.534 e. The van der Waals surface area contributed by atoms with Crippen molar-refractivity contribution in [3.8, 4) is 11.5 Å². The van der Waals surface area contributed by atoms with E-state index < -0.39 is 45.9 Å². The van der Waals surface area contributed by atoms with Gasteiger partial charge in [-0.2, -0.15) is 34.8 Å². The predicted molar refractivity (Wildman–Crippen MR) is 69.2 cm³/mol. The molecule has 1 aliphatic rings. The third-order valence-electron chi connectivity index (χ3n) is 3.06. The Kier molecular flexibility index (Phi) is 4.81. The van der Waals surface area contributed by atoms with Crippen molar-refractivity contribution in [2.45, 2.75) is 24.1 Å². The Hall–Kier alpha value is -2.18. The maximum absolute atomic E-state index is 12.4. The normalized spacial score (nSPS) is 18.1. The van der Waals surface area contributed by atoms with E-state index in [0.717, 1.165) is 12.1 Å². The van der Waals surface area contributed by atoms with Crippen LogP contribution in [-0.4, -0.2) is 38.7 Å². The van der Waals surface area contributed by atoms with Gasteiger partial charge in [0.1, 0.15) is 18.1 Å². The van der Waals surface area contributed by atoms with Gasteiger partial charge in [-0.25, -0.2) is 0 Å². The molecule has 0 fully saturated rings. The number of carbonyl (C=O) groups is 1. The molecule has 140 valence electrons. The van der Waals surface area contributed by atoms with Crippen molar-refractivity contribution < 1.29 is 48.5 Å². The largest absolute Gasteiger partial charge is 0.534 e. The second kappa shape index (κ2) is 6.28. The Balaban J connectivity index is 2.25. The van der Waals surface area contributed by atoms with Crippen LogP contribution in [0.25, 0.3) is 0 Å². The van der Waals surface area contributed by atoms with Crippen LogP contribution < -0.4 is 14.2 Å². The lowest BCUT2D eigenvalue weighted by atomic mass is 10.0. The summed E-state index contributed by atoms with van der Waals surface area (Å²) in [4.78, 5) is 10.9. The Morgan fingerprint density at radius 3 is 2.40 bits per heavy atom. The Morgan fingerprint density at radius 1 is 1.20 bits per heavy atom. The van der Waals surface area contributed by atoms with Crippen LogP contribution in [0.4, 0.5) is 26.3 Å². The number of halogens is 6. The number of fused-ring (bicyclic) bond motifs is 1. The molecule has 1 aromatic carbocycles. The fraction of sp³-hybridized carbons (Fsp3) is 0.417. The zero-order chi connectivity index (χ0) is 19.0. The monoisotopic (exact) mass is 393 g/mol. The Labute approximate surface area is 136 Å². The molecule has 0 saturated heterocycles. The molecule has 1 amide bonds. The summed E-state index contributed by atoms with van der Waals surface area (Å²) in [7, 11) is -5.97. The molecule has 1 N–H and O–H groups in total. The lowest BCUT2D eigenvalue weighted by Crippen LogP contribution is -2.48. The second-order valence-corrected chi connectivity index (χ2v) is 6.44. The van der Waals surface area contributed by atoms with E-state index >= 15 is 0 Å². The fourth-order valence-corrected chi connectivity index (χ4v) is 2.47. The van der Waals surface area contributed by atoms with Gasteiger partial charge in [-0.3, -0.25) is 4.79 Å². The SMILES string of the molecule is O=C(N[C@H]1COc2cccc(OS(=O)(=O)C(F)(F)F)c2C1)C(F)(F)F. The number of hydrogen-bond donors (Lipinski definition) is 1. The third kappa shape index (κ3) is 4.27. The van der Waals surface area contributed by atoms with E-state index in [1.165, 1.54) is 6.07 Å². The quantitative estimate of drug-likeness (QED) is 0.482. The highest BCUT2D eigenvalue weighted by Crippen LogP contribution is 2.36. The van der Waals surface area contributed by atoms with Crippen LogP contribution in [0.3, 0.4) is 0 Å². The number of amides is 1. The number of ether oxygens (including phenoxy) is 1. The minimum atomic E-state index is -5.97. The summed E-state index contributed by atoms with van der Waals surface area (Å²) in [5, 5.41) is 1.60.